The number of aromatic nitrogens is 5. The molecule has 5 heterocycles. The number of para-hydroxylation sites is 5. The van der Waals surface area contributed by atoms with E-state index in [-0.39, 0.29) is 0 Å². The molecule has 0 aliphatic carbocycles. The van der Waals surface area contributed by atoms with Gasteiger partial charge < -0.3 is 18.5 Å². The lowest BCUT2D eigenvalue weighted by Crippen LogP contribution is -2.02. The van der Waals surface area contributed by atoms with Crippen LogP contribution in [0.5, 0.6) is 0 Å². The van der Waals surface area contributed by atoms with E-state index in [1.165, 1.54) is 43.4 Å². The van der Waals surface area contributed by atoms with E-state index in [0.29, 0.717) is 5.82 Å². The number of furan rings is 1. The lowest BCUT2D eigenvalue weighted by Gasteiger charge is -2.16. The second-order valence-corrected chi connectivity index (χ2v) is 19.4. The van der Waals surface area contributed by atoms with Crippen LogP contribution < -0.4 is 0 Å². The van der Waals surface area contributed by atoms with Crippen molar-refractivity contribution >= 4 is 98.3 Å². The number of aromatic amines is 1. The number of nitrogens with one attached hydrogen (secondary N) is 1. The van der Waals surface area contributed by atoms with E-state index in [2.05, 4.69) is 245 Å². The van der Waals surface area contributed by atoms with Gasteiger partial charge in [-0.15, -0.1) is 0 Å². The summed E-state index contributed by atoms with van der Waals surface area (Å²) >= 11 is 0. The molecule has 0 unspecified atom stereocenters. The maximum absolute atomic E-state index is 6.23. The van der Waals surface area contributed by atoms with E-state index >= 15 is 0 Å². The molecule has 0 radical (unpaired) electrons. The molecule has 6 nitrogen and oxygen atoms in total. The van der Waals surface area contributed by atoms with Gasteiger partial charge in [0.15, 0.2) is 5.82 Å². The van der Waals surface area contributed by atoms with Gasteiger partial charge >= 0.3 is 0 Å². The van der Waals surface area contributed by atoms with Crippen molar-refractivity contribution in [1.29, 1.82) is 0 Å². The Hall–Kier alpha value is -10.0. The molecule has 6 heteroatoms. The zero-order valence-corrected chi connectivity index (χ0v) is 39.8. The van der Waals surface area contributed by atoms with Crippen molar-refractivity contribution in [2.24, 2.45) is 0 Å². The molecule has 74 heavy (non-hydrogen) atoms. The Kier molecular flexibility index (Phi) is 8.64. The molecule has 0 aliphatic rings. The summed E-state index contributed by atoms with van der Waals surface area (Å²) in [6, 6.07) is 87.2. The molecule has 1 N–H and O–H groups in total. The largest absolute Gasteiger partial charge is 0.456 e. The summed E-state index contributed by atoms with van der Waals surface area (Å²) in [6.07, 6.45) is 0. The molecule has 0 fully saturated rings. The Balaban J connectivity index is 0.930. The van der Waals surface area contributed by atoms with Gasteiger partial charge in [-0.05, 0) is 119 Å². The molecule has 16 rings (SSSR count). The van der Waals surface area contributed by atoms with Gasteiger partial charge in [0.2, 0.25) is 0 Å². The molecule has 0 atom stereocenters. The SMILES string of the molecule is c1ccc(-c2nc(-c3cc(-n4c5ccccc5c5cc(-c6ccc7[nH]c8ccccc8c7c6)ccc54)cc(-n4c5ccccc5c5cc(-c6ccc7oc8ccccc8c7c6)ccc54)c3)nc3ccccc23)cc1. The van der Waals surface area contributed by atoms with Gasteiger partial charge in [-0.3, -0.25) is 0 Å². The fourth-order valence-electron chi connectivity index (χ4n) is 11.8. The minimum absolute atomic E-state index is 0.659. The minimum Gasteiger partial charge on any atom is -0.456 e. The topological polar surface area (TPSA) is 64.6 Å². The van der Waals surface area contributed by atoms with Crippen molar-refractivity contribution in [1.82, 2.24) is 24.1 Å². The lowest BCUT2D eigenvalue weighted by atomic mass is 10.0. The van der Waals surface area contributed by atoms with Gasteiger partial charge in [0.25, 0.3) is 0 Å². The molecule has 0 bridgehead atoms. The van der Waals surface area contributed by atoms with Gasteiger partial charge in [0.1, 0.15) is 11.2 Å². The van der Waals surface area contributed by atoms with Crippen LogP contribution in [0.4, 0.5) is 0 Å². The highest BCUT2D eigenvalue weighted by molar-refractivity contribution is 6.14. The Bertz CT molecular complexity index is 4720. The van der Waals surface area contributed by atoms with Crippen molar-refractivity contribution in [3.63, 3.8) is 0 Å². The summed E-state index contributed by atoms with van der Waals surface area (Å²) in [5.74, 6) is 0.659. The Morgan fingerprint density at radius 3 is 1.50 bits per heavy atom. The third kappa shape index (κ3) is 6.18. The monoisotopic (exact) mass is 943 g/mol. The third-order valence-corrected chi connectivity index (χ3v) is 15.2. The molecule has 5 aromatic heterocycles. The summed E-state index contributed by atoms with van der Waals surface area (Å²) in [4.78, 5) is 14.4. The summed E-state index contributed by atoms with van der Waals surface area (Å²) in [7, 11) is 0. The fourth-order valence-corrected chi connectivity index (χ4v) is 11.8. The summed E-state index contributed by atoms with van der Waals surface area (Å²) in [6.45, 7) is 0. The van der Waals surface area contributed by atoms with Crippen LogP contribution >= 0.6 is 0 Å². The van der Waals surface area contributed by atoms with E-state index in [1.54, 1.807) is 0 Å². The van der Waals surface area contributed by atoms with Crippen molar-refractivity contribution in [2.75, 3.05) is 0 Å². The van der Waals surface area contributed by atoms with Crippen molar-refractivity contribution in [3.8, 4) is 56.3 Å². The minimum atomic E-state index is 0.659. The van der Waals surface area contributed by atoms with Crippen LogP contribution in [-0.2, 0) is 0 Å². The molecule has 0 amide bonds. The normalized spacial score (nSPS) is 12.1. The average molecular weight is 944 g/mol. The molecule has 0 aliphatic heterocycles. The zero-order chi connectivity index (χ0) is 48.4. The third-order valence-electron chi connectivity index (χ3n) is 15.2. The summed E-state index contributed by atoms with van der Waals surface area (Å²) in [5.41, 5.74) is 18.9. The first-order valence-electron chi connectivity index (χ1n) is 25.1. The van der Waals surface area contributed by atoms with Gasteiger partial charge in [0.05, 0.1) is 33.3 Å². The van der Waals surface area contributed by atoms with Crippen LogP contribution in [0.25, 0.3) is 155 Å². The molecule has 0 saturated carbocycles. The van der Waals surface area contributed by atoms with Crippen molar-refractivity contribution in [3.05, 3.63) is 243 Å². The number of hydrogen-bond acceptors (Lipinski definition) is 3. The molecule has 16 aromatic rings. The molecule has 11 aromatic carbocycles. The maximum atomic E-state index is 6.23. The Labute approximate surface area is 423 Å². The van der Waals surface area contributed by atoms with Crippen molar-refractivity contribution in [2.45, 2.75) is 0 Å². The predicted octanol–water partition coefficient (Wildman–Crippen LogP) is 18.0. The number of fused-ring (bicyclic) bond motifs is 13. The van der Waals surface area contributed by atoms with E-state index in [0.717, 1.165) is 105 Å². The number of nitrogens with zero attached hydrogens (tertiary/aromatic N) is 4. The van der Waals surface area contributed by atoms with Crippen molar-refractivity contribution < 1.29 is 4.42 Å². The van der Waals surface area contributed by atoms with Gasteiger partial charge in [-0.25, -0.2) is 9.97 Å². The highest BCUT2D eigenvalue weighted by atomic mass is 16.3. The second kappa shape index (κ2) is 15.7. The highest BCUT2D eigenvalue weighted by Gasteiger charge is 2.21. The first kappa shape index (κ1) is 40.7. The molecular formula is C68H41N5O. The number of hydrogen-bond donors (Lipinski definition) is 1. The van der Waals surface area contributed by atoms with E-state index in [4.69, 9.17) is 14.4 Å². The first-order valence-corrected chi connectivity index (χ1v) is 25.1. The van der Waals surface area contributed by atoms with Crippen LogP contribution in [0.1, 0.15) is 0 Å². The number of H-pyrrole nitrogens is 1. The molecule has 0 saturated heterocycles. The Morgan fingerprint density at radius 2 is 0.797 bits per heavy atom. The molecular weight excluding hydrogens is 903 g/mol. The van der Waals surface area contributed by atoms with Gasteiger partial charge in [-0.2, -0.15) is 0 Å². The van der Waals surface area contributed by atoms with E-state index < -0.39 is 0 Å². The van der Waals surface area contributed by atoms with Crippen LogP contribution in [0.15, 0.2) is 247 Å². The summed E-state index contributed by atoms with van der Waals surface area (Å²) in [5, 5.41) is 10.4. The van der Waals surface area contributed by atoms with E-state index in [9.17, 15) is 0 Å². The Morgan fingerprint density at radius 1 is 0.297 bits per heavy atom. The smallest absolute Gasteiger partial charge is 0.160 e. The second-order valence-electron chi connectivity index (χ2n) is 19.4. The highest BCUT2D eigenvalue weighted by Crippen LogP contribution is 2.42. The fraction of sp³-hybridized carbons (Fsp3) is 0. The standard InChI is InChI=1S/C68H41N5O/c1-2-14-41(15-3-1)67-53-20-5-10-22-59(53)70-68(71-67)46-34-47(72-61-23-11-6-17-50(61)55-37-43(27-31-63(55)72)42-26-30-60-54(36-42)49-16-4-9-21-58(49)69-60)40-48(35-46)73-62-24-12-7-18-51(62)56-38-44(28-32-64(56)73)45-29-33-66-57(39-45)52-19-8-13-25-65(52)74-66/h1-40,69H. The van der Waals surface area contributed by atoms with E-state index in [1.807, 2.05) is 12.1 Å². The van der Waals surface area contributed by atoms with Crippen LogP contribution in [-0.4, -0.2) is 24.1 Å². The summed E-state index contributed by atoms with van der Waals surface area (Å²) < 4.78 is 11.1. The maximum Gasteiger partial charge on any atom is 0.160 e. The van der Waals surface area contributed by atoms with Crippen LogP contribution in [0.3, 0.4) is 0 Å². The van der Waals surface area contributed by atoms with Gasteiger partial charge in [-0.1, -0.05) is 146 Å². The zero-order valence-electron chi connectivity index (χ0n) is 39.8. The van der Waals surface area contributed by atoms with Crippen LogP contribution in [0, 0.1) is 0 Å². The molecule has 0 spiro atoms. The predicted molar refractivity (Wildman–Crippen MR) is 307 cm³/mol. The quantitative estimate of drug-likeness (QED) is 0.181. The van der Waals surface area contributed by atoms with Crippen LogP contribution in [0.2, 0.25) is 0 Å². The lowest BCUT2D eigenvalue weighted by molar-refractivity contribution is 0.669. The number of benzene rings is 11. The average Bonchev–Trinajstić information content (AvgIpc) is 4.23. The van der Waals surface area contributed by atoms with Gasteiger partial charge in [0, 0.05) is 82.0 Å². The first-order chi connectivity index (χ1) is 36.6. The molecule has 344 valence electrons. The number of rotatable bonds is 6.